The maximum atomic E-state index is 12.6. The second-order valence-corrected chi connectivity index (χ2v) is 8.20. The number of nitrogens with zero attached hydrogens (tertiary/aromatic N) is 1. The van der Waals surface area contributed by atoms with Crippen LogP contribution in [0, 0.1) is 0 Å². The maximum Gasteiger partial charge on any atom is 0.308 e. The highest BCUT2D eigenvalue weighted by atomic mass is 16.5. The number of benzene rings is 1. The van der Waals surface area contributed by atoms with Gasteiger partial charge < -0.3 is 19.7 Å². The Balaban J connectivity index is 1.98. The molecule has 1 aromatic rings. The van der Waals surface area contributed by atoms with Gasteiger partial charge in [0.2, 0.25) is 5.91 Å². The summed E-state index contributed by atoms with van der Waals surface area (Å²) in [7, 11) is 0. The van der Waals surface area contributed by atoms with Crippen molar-refractivity contribution in [2.75, 3.05) is 19.7 Å². The van der Waals surface area contributed by atoms with Gasteiger partial charge in [-0.3, -0.25) is 14.4 Å². The lowest BCUT2D eigenvalue weighted by Crippen LogP contribution is -2.58. The standard InChI is InChI=1S/C21H30N2O5/c1-14(2)28-19(25)12-17-20(26)22-10-11-23(17)18(24)13-27-16-8-6-15(7-9-16)21(3,4)5/h6-9,14,17H,10-13H2,1-5H3,(H,22,26)/t17-/m1/s1. The highest BCUT2D eigenvalue weighted by molar-refractivity contribution is 5.92. The molecule has 28 heavy (non-hydrogen) atoms. The van der Waals surface area contributed by atoms with Crippen molar-refractivity contribution in [3.05, 3.63) is 29.8 Å². The molecule has 1 fully saturated rings. The SMILES string of the molecule is CC(C)OC(=O)C[C@@H]1C(=O)NCCN1C(=O)COc1ccc(C(C)(C)C)cc1. The van der Waals surface area contributed by atoms with Gasteiger partial charge in [0.15, 0.2) is 6.61 Å². The summed E-state index contributed by atoms with van der Waals surface area (Å²) in [6, 6.07) is 6.72. The van der Waals surface area contributed by atoms with Crippen LogP contribution in [-0.4, -0.2) is 54.5 Å². The Bertz CT molecular complexity index is 707. The first-order valence-corrected chi connectivity index (χ1v) is 9.58. The van der Waals surface area contributed by atoms with Gasteiger partial charge in [0.05, 0.1) is 12.5 Å². The van der Waals surface area contributed by atoms with E-state index in [-0.39, 0.29) is 36.4 Å². The summed E-state index contributed by atoms with van der Waals surface area (Å²) in [5.74, 6) is -0.612. The molecule has 1 heterocycles. The van der Waals surface area contributed by atoms with Crippen molar-refractivity contribution in [1.29, 1.82) is 0 Å². The van der Waals surface area contributed by atoms with Gasteiger partial charge in [0, 0.05) is 13.1 Å². The number of carbonyl (C=O) groups excluding carboxylic acids is 3. The van der Waals surface area contributed by atoms with Crippen molar-refractivity contribution >= 4 is 17.8 Å². The molecule has 0 aromatic heterocycles. The minimum Gasteiger partial charge on any atom is -0.484 e. The largest absolute Gasteiger partial charge is 0.484 e. The lowest BCUT2D eigenvalue weighted by Gasteiger charge is -2.34. The van der Waals surface area contributed by atoms with Gasteiger partial charge in [-0.05, 0) is 37.0 Å². The molecule has 0 bridgehead atoms. The van der Waals surface area contributed by atoms with Gasteiger partial charge in [-0.15, -0.1) is 0 Å². The van der Waals surface area contributed by atoms with E-state index in [1.54, 1.807) is 13.8 Å². The second kappa shape index (κ2) is 9.08. The van der Waals surface area contributed by atoms with Crippen molar-refractivity contribution in [2.45, 2.75) is 58.6 Å². The molecule has 0 radical (unpaired) electrons. The quantitative estimate of drug-likeness (QED) is 0.752. The Morgan fingerprint density at radius 1 is 1.21 bits per heavy atom. The molecule has 7 nitrogen and oxygen atoms in total. The number of amides is 2. The topological polar surface area (TPSA) is 84.9 Å². The third-order valence-corrected chi connectivity index (χ3v) is 4.46. The van der Waals surface area contributed by atoms with E-state index in [4.69, 9.17) is 9.47 Å². The molecule has 1 N–H and O–H groups in total. The zero-order chi connectivity index (χ0) is 20.9. The molecule has 1 aliphatic heterocycles. The van der Waals surface area contributed by atoms with Gasteiger partial charge in [-0.1, -0.05) is 32.9 Å². The van der Waals surface area contributed by atoms with Gasteiger partial charge in [-0.25, -0.2) is 0 Å². The summed E-state index contributed by atoms with van der Waals surface area (Å²) in [6.45, 7) is 10.3. The minimum absolute atomic E-state index is 0.0350. The molecule has 1 aliphatic rings. The fourth-order valence-corrected chi connectivity index (χ4v) is 2.96. The lowest BCUT2D eigenvalue weighted by molar-refractivity contribution is -0.154. The van der Waals surface area contributed by atoms with Crippen LogP contribution in [0.3, 0.4) is 0 Å². The van der Waals surface area contributed by atoms with Crippen LogP contribution in [0.25, 0.3) is 0 Å². The first-order chi connectivity index (χ1) is 13.1. The lowest BCUT2D eigenvalue weighted by atomic mass is 9.87. The smallest absolute Gasteiger partial charge is 0.308 e. The highest BCUT2D eigenvalue weighted by Gasteiger charge is 2.35. The van der Waals surface area contributed by atoms with Crippen molar-refractivity contribution < 1.29 is 23.9 Å². The molecule has 1 atom stereocenters. The number of hydrogen-bond donors (Lipinski definition) is 1. The van der Waals surface area contributed by atoms with Crippen molar-refractivity contribution in [1.82, 2.24) is 10.2 Å². The van der Waals surface area contributed by atoms with Crippen LogP contribution in [0.5, 0.6) is 5.75 Å². The molecule has 154 valence electrons. The van der Waals surface area contributed by atoms with E-state index in [1.807, 2.05) is 24.3 Å². The third-order valence-electron chi connectivity index (χ3n) is 4.46. The van der Waals surface area contributed by atoms with E-state index < -0.39 is 12.0 Å². The fourth-order valence-electron chi connectivity index (χ4n) is 2.96. The van der Waals surface area contributed by atoms with Crippen molar-refractivity contribution in [3.8, 4) is 5.75 Å². The Morgan fingerprint density at radius 2 is 1.86 bits per heavy atom. The summed E-state index contributed by atoms with van der Waals surface area (Å²) in [5.41, 5.74) is 1.20. The van der Waals surface area contributed by atoms with Crippen LogP contribution < -0.4 is 10.1 Å². The van der Waals surface area contributed by atoms with Crippen LogP contribution in [0.4, 0.5) is 0 Å². The molecule has 0 aliphatic carbocycles. The summed E-state index contributed by atoms with van der Waals surface area (Å²) in [6.07, 6.45) is -0.446. The van der Waals surface area contributed by atoms with Crippen molar-refractivity contribution in [2.24, 2.45) is 0 Å². The molecule has 2 amide bonds. The van der Waals surface area contributed by atoms with Crippen LogP contribution in [0.1, 0.15) is 46.6 Å². The van der Waals surface area contributed by atoms with E-state index in [0.717, 1.165) is 0 Å². The fraction of sp³-hybridized carbons (Fsp3) is 0.571. The predicted octanol–water partition coefficient (Wildman–Crippen LogP) is 2.03. The van der Waals surface area contributed by atoms with Crippen LogP contribution in [0.2, 0.25) is 0 Å². The van der Waals surface area contributed by atoms with Gasteiger partial charge in [0.1, 0.15) is 11.8 Å². The Kier molecular flexibility index (Phi) is 7.05. The molecule has 0 saturated carbocycles. The molecule has 1 saturated heterocycles. The summed E-state index contributed by atoms with van der Waals surface area (Å²) in [4.78, 5) is 38.2. The molecule has 1 aromatic carbocycles. The number of rotatable bonds is 6. The highest BCUT2D eigenvalue weighted by Crippen LogP contribution is 2.24. The van der Waals surface area contributed by atoms with E-state index in [9.17, 15) is 14.4 Å². The zero-order valence-electron chi connectivity index (χ0n) is 17.3. The third kappa shape index (κ3) is 5.97. The average molecular weight is 390 g/mol. The Morgan fingerprint density at radius 3 is 2.43 bits per heavy atom. The zero-order valence-corrected chi connectivity index (χ0v) is 17.3. The number of esters is 1. The number of ether oxygens (including phenoxy) is 2. The van der Waals surface area contributed by atoms with Crippen LogP contribution in [-0.2, 0) is 24.5 Å². The first-order valence-electron chi connectivity index (χ1n) is 9.58. The summed E-state index contributed by atoms with van der Waals surface area (Å²) >= 11 is 0. The minimum atomic E-state index is -0.876. The van der Waals surface area contributed by atoms with Crippen molar-refractivity contribution in [3.63, 3.8) is 0 Å². The molecule has 2 rings (SSSR count). The predicted molar refractivity (Wildman–Crippen MR) is 105 cm³/mol. The maximum absolute atomic E-state index is 12.6. The number of carbonyl (C=O) groups is 3. The number of nitrogens with one attached hydrogen (secondary N) is 1. The van der Waals surface area contributed by atoms with Gasteiger partial charge in [0.25, 0.3) is 5.91 Å². The molecule has 0 spiro atoms. The Hall–Kier alpha value is -2.57. The van der Waals surface area contributed by atoms with Gasteiger partial charge in [-0.2, -0.15) is 0 Å². The van der Waals surface area contributed by atoms with E-state index in [0.29, 0.717) is 18.8 Å². The average Bonchev–Trinajstić information content (AvgIpc) is 2.60. The molecule has 0 unspecified atom stereocenters. The Labute approximate surface area is 166 Å². The summed E-state index contributed by atoms with van der Waals surface area (Å²) < 4.78 is 10.7. The first kappa shape index (κ1) is 21.7. The van der Waals surface area contributed by atoms with Crippen LogP contribution in [0.15, 0.2) is 24.3 Å². The molecule has 7 heteroatoms. The normalized spacial score (nSPS) is 17.3. The van der Waals surface area contributed by atoms with Gasteiger partial charge >= 0.3 is 5.97 Å². The number of piperazine rings is 1. The monoisotopic (exact) mass is 390 g/mol. The van der Waals surface area contributed by atoms with Crippen LogP contribution >= 0.6 is 0 Å². The van der Waals surface area contributed by atoms with E-state index >= 15 is 0 Å². The van der Waals surface area contributed by atoms with E-state index in [2.05, 4.69) is 26.1 Å². The molecular weight excluding hydrogens is 360 g/mol. The van der Waals surface area contributed by atoms with E-state index in [1.165, 1.54) is 10.5 Å². The number of hydrogen-bond acceptors (Lipinski definition) is 5. The second-order valence-electron chi connectivity index (χ2n) is 8.20. The summed E-state index contributed by atoms with van der Waals surface area (Å²) in [5, 5.41) is 2.69. The molecular formula is C21H30N2O5.